The molecule has 0 saturated carbocycles. The molecule has 0 bridgehead atoms. The first-order valence-corrected chi connectivity index (χ1v) is 7.11. The van der Waals surface area contributed by atoms with Crippen LogP contribution in [0.5, 0.6) is 0 Å². The second-order valence-corrected chi connectivity index (χ2v) is 5.57. The molecule has 1 aliphatic rings. The summed E-state index contributed by atoms with van der Waals surface area (Å²) in [7, 11) is 0. The van der Waals surface area contributed by atoms with E-state index < -0.39 is 5.97 Å². The topological polar surface area (TPSA) is 57.8 Å². The van der Waals surface area contributed by atoms with Crippen molar-refractivity contribution in [3.63, 3.8) is 0 Å². The number of nitrogens with zero attached hydrogens (tertiary/aromatic N) is 3. The van der Waals surface area contributed by atoms with Crippen molar-refractivity contribution in [1.82, 2.24) is 14.3 Å². The van der Waals surface area contributed by atoms with E-state index >= 15 is 0 Å². The number of likely N-dealkylation sites (tertiary alicyclic amines) is 1. The van der Waals surface area contributed by atoms with Gasteiger partial charge in [0.05, 0.1) is 17.8 Å². The molecule has 0 aromatic carbocycles. The van der Waals surface area contributed by atoms with Crippen molar-refractivity contribution in [2.45, 2.75) is 25.8 Å². The van der Waals surface area contributed by atoms with Gasteiger partial charge in [-0.2, -0.15) is 0 Å². The van der Waals surface area contributed by atoms with E-state index in [-0.39, 0.29) is 6.42 Å². The summed E-state index contributed by atoms with van der Waals surface area (Å²) in [6.45, 7) is 2.87. The monoisotopic (exact) mass is 293 g/mol. The van der Waals surface area contributed by atoms with Gasteiger partial charge in [-0.05, 0) is 32.0 Å². The van der Waals surface area contributed by atoms with Crippen LogP contribution in [-0.4, -0.2) is 38.4 Å². The van der Waals surface area contributed by atoms with Crippen LogP contribution in [0.15, 0.2) is 18.3 Å². The van der Waals surface area contributed by atoms with Crippen molar-refractivity contribution in [3.8, 4) is 0 Å². The van der Waals surface area contributed by atoms with E-state index in [4.69, 9.17) is 16.7 Å². The molecule has 106 valence electrons. The van der Waals surface area contributed by atoms with Gasteiger partial charge in [0.2, 0.25) is 0 Å². The zero-order valence-electron chi connectivity index (χ0n) is 11.0. The van der Waals surface area contributed by atoms with Crippen LogP contribution in [0.2, 0.25) is 5.02 Å². The number of aliphatic carboxylic acids is 1. The predicted octanol–water partition coefficient (Wildman–Crippen LogP) is 2.21. The Kier molecular flexibility index (Phi) is 3.63. The summed E-state index contributed by atoms with van der Waals surface area (Å²) in [6.07, 6.45) is 4.22. The van der Waals surface area contributed by atoms with Crippen molar-refractivity contribution in [3.05, 3.63) is 34.7 Å². The van der Waals surface area contributed by atoms with Gasteiger partial charge in [0, 0.05) is 23.8 Å². The number of halogens is 1. The van der Waals surface area contributed by atoms with Crippen molar-refractivity contribution < 1.29 is 9.90 Å². The molecule has 5 nitrogen and oxygen atoms in total. The van der Waals surface area contributed by atoms with Crippen LogP contribution in [-0.2, 0) is 17.8 Å². The first-order chi connectivity index (χ1) is 9.63. The largest absolute Gasteiger partial charge is 0.481 e. The summed E-state index contributed by atoms with van der Waals surface area (Å²) in [5.41, 5.74) is 2.30. The minimum atomic E-state index is -0.859. The fourth-order valence-electron chi connectivity index (χ4n) is 2.72. The molecule has 3 heterocycles. The Morgan fingerprint density at radius 2 is 2.15 bits per heavy atom. The number of aromatic nitrogens is 2. The van der Waals surface area contributed by atoms with Gasteiger partial charge < -0.3 is 9.51 Å². The number of hydrogen-bond acceptors (Lipinski definition) is 3. The van der Waals surface area contributed by atoms with Crippen LogP contribution >= 0.6 is 11.6 Å². The van der Waals surface area contributed by atoms with Crippen LogP contribution in [0, 0.1) is 0 Å². The van der Waals surface area contributed by atoms with E-state index in [0.29, 0.717) is 16.4 Å². The Labute approximate surface area is 121 Å². The standard InChI is InChI=1S/C14H16ClN3O2/c15-10-3-6-18-12(9-17-4-1-2-5-17)11(8-14(19)20)16-13(18)7-10/h3,6-7H,1-2,4-5,8-9H2,(H,19,20). The van der Waals surface area contributed by atoms with Gasteiger partial charge in [-0.1, -0.05) is 11.6 Å². The Balaban J connectivity index is 2.02. The number of carbonyl (C=O) groups is 1. The molecule has 2 aromatic heterocycles. The average molecular weight is 294 g/mol. The van der Waals surface area contributed by atoms with Crippen LogP contribution in [0.3, 0.4) is 0 Å². The molecule has 0 amide bonds. The van der Waals surface area contributed by atoms with Gasteiger partial charge in [0.25, 0.3) is 0 Å². The van der Waals surface area contributed by atoms with Crippen molar-refractivity contribution in [1.29, 1.82) is 0 Å². The predicted molar refractivity (Wildman–Crippen MR) is 76.1 cm³/mol. The van der Waals surface area contributed by atoms with Gasteiger partial charge in [-0.25, -0.2) is 4.98 Å². The third-order valence-electron chi connectivity index (χ3n) is 3.66. The summed E-state index contributed by atoms with van der Waals surface area (Å²) < 4.78 is 1.95. The molecule has 3 rings (SSSR count). The van der Waals surface area contributed by atoms with E-state index in [1.54, 1.807) is 12.1 Å². The molecule has 20 heavy (non-hydrogen) atoms. The van der Waals surface area contributed by atoms with Crippen LogP contribution in [0.25, 0.3) is 5.65 Å². The quantitative estimate of drug-likeness (QED) is 0.939. The SMILES string of the molecule is O=C(O)Cc1nc2cc(Cl)ccn2c1CN1CCCC1. The lowest BCUT2D eigenvalue weighted by Crippen LogP contribution is -2.20. The zero-order valence-corrected chi connectivity index (χ0v) is 11.8. The van der Waals surface area contributed by atoms with Gasteiger partial charge in [0.1, 0.15) is 5.65 Å². The number of rotatable bonds is 4. The summed E-state index contributed by atoms with van der Waals surface area (Å²) in [5, 5.41) is 9.65. The summed E-state index contributed by atoms with van der Waals surface area (Å²) in [5.74, 6) is -0.859. The molecule has 0 unspecified atom stereocenters. The van der Waals surface area contributed by atoms with Crippen LogP contribution < -0.4 is 0 Å². The smallest absolute Gasteiger partial charge is 0.309 e. The Bertz CT molecular complexity index is 647. The third kappa shape index (κ3) is 2.64. The third-order valence-corrected chi connectivity index (χ3v) is 3.90. The number of carboxylic acid groups (broad SMARTS) is 1. The minimum Gasteiger partial charge on any atom is -0.481 e. The summed E-state index contributed by atoms with van der Waals surface area (Å²) in [6, 6.07) is 3.56. The molecule has 1 aliphatic heterocycles. The average Bonchev–Trinajstić information content (AvgIpc) is 2.98. The normalized spacial score (nSPS) is 16.1. The number of pyridine rings is 1. The highest BCUT2D eigenvalue weighted by Crippen LogP contribution is 2.20. The number of imidazole rings is 1. The maximum Gasteiger partial charge on any atom is 0.309 e. The fourth-order valence-corrected chi connectivity index (χ4v) is 2.88. The maximum absolute atomic E-state index is 11.0. The molecule has 1 fully saturated rings. The molecular formula is C14H16ClN3O2. The zero-order chi connectivity index (χ0) is 14.1. The van der Waals surface area contributed by atoms with Gasteiger partial charge >= 0.3 is 5.97 Å². The first kappa shape index (κ1) is 13.4. The lowest BCUT2D eigenvalue weighted by molar-refractivity contribution is -0.136. The Morgan fingerprint density at radius 3 is 2.85 bits per heavy atom. The van der Waals surface area contributed by atoms with Crippen LogP contribution in [0.4, 0.5) is 0 Å². The first-order valence-electron chi connectivity index (χ1n) is 6.73. The molecule has 0 atom stereocenters. The van der Waals surface area contributed by atoms with Crippen molar-refractivity contribution in [2.75, 3.05) is 13.1 Å². The highest BCUT2D eigenvalue weighted by molar-refractivity contribution is 6.30. The molecule has 6 heteroatoms. The second-order valence-electron chi connectivity index (χ2n) is 5.13. The summed E-state index contributed by atoms with van der Waals surface area (Å²) >= 11 is 5.98. The van der Waals surface area contributed by atoms with E-state index in [1.807, 2.05) is 10.6 Å². The maximum atomic E-state index is 11.0. The molecule has 0 radical (unpaired) electrons. The van der Waals surface area contributed by atoms with E-state index in [0.717, 1.165) is 25.3 Å². The number of fused-ring (bicyclic) bond motifs is 1. The summed E-state index contributed by atoms with van der Waals surface area (Å²) in [4.78, 5) is 17.8. The molecular weight excluding hydrogens is 278 g/mol. The van der Waals surface area contributed by atoms with Gasteiger partial charge in [0.15, 0.2) is 0 Å². The fraction of sp³-hybridized carbons (Fsp3) is 0.429. The molecule has 0 spiro atoms. The molecule has 0 aliphatic carbocycles. The number of hydrogen-bond donors (Lipinski definition) is 1. The minimum absolute atomic E-state index is 0.0531. The second kappa shape index (κ2) is 5.42. The highest BCUT2D eigenvalue weighted by atomic mass is 35.5. The lowest BCUT2D eigenvalue weighted by atomic mass is 10.2. The van der Waals surface area contributed by atoms with Gasteiger partial charge in [-0.15, -0.1) is 0 Å². The van der Waals surface area contributed by atoms with Crippen LogP contribution in [0.1, 0.15) is 24.2 Å². The van der Waals surface area contributed by atoms with Crippen molar-refractivity contribution in [2.24, 2.45) is 0 Å². The highest BCUT2D eigenvalue weighted by Gasteiger charge is 2.19. The Morgan fingerprint density at radius 1 is 1.40 bits per heavy atom. The molecule has 1 N–H and O–H groups in total. The van der Waals surface area contributed by atoms with E-state index in [2.05, 4.69) is 9.88 Å². The lowest BCUT2D eigenvalue weighted by Gasteiger charge is -2.15. The van der Waals surface area contributed by atoms with E-state index in [9.17, 15) is 4.79 Å². The Hall–Kier alpha value is -1.59. The van der Waals surface area contributed by atoms with Gasteiger partial charge in [-0.3, -0.25) is 9.69 Å². The molecule has 1 saturated heterocycles. The van der Waals surface area contributed by atoms with E-state index in [1.165, 1.54) is 12.8 Å². The van der Waals surface area contributed by atoms with Crippen molar-refractivity contribution >= 4 is 23.2 Å². The molecule has 2 aromatic rings. The number of carboxylic acids is 1.